The molecule has 1 aliphatic rings. The molecule has 2 rings (SSSR count). The number of H-pyrrole nitrogens is 1. The van der Waals surface area contributed by atoms with Crippen LogP contribution in [0.5, 0.6) is 0 Å². The first-order valence-electron chi connectivity index (χ1n) is 10.2. The lowest BCUT2D eigenvalue weighted by molar-refractivity contribution is -0.140. The van der Waals surface area contributed by atoms with Gasteiger partial charge in [-0.25, -0.2) is 9.48 Å². The van der Waals surface area contributed by atoms with E-state index in [-0.39, 0.29) is 18.5 Å². The highest BCUT2D eigenvalue weighted by Gasteiger charge is 2.26. The van der Waals surface area contributed by atoms with Crippen molar-refractivity contribution in [2.24, 2.45) is 0 Å². The van der Waals surface area contributed by atoms with E-state index in [9.17, 15) is 19.2 Å². The number of aromatic nitrogens is 2. The molecule has 1 amide bonds. The van der Waals surface area contributed by atoms with Crippen molar-refractivity contribution >= 4 is 12.1 Å². The number of methoxy groups -OCH3 is 1. The first kappa shape index (κ1) is 23.7. The number of hydrogen-bond acceptors (Lipinski definition) is 7. The van der Waals surface area contributed by atoms with Gasteiger partial charge in [0.05, 0.1) is 7.11 Å². The third-order valence-corrected chi connectivity index (χ3v) is 4.78. The Bertz CT molecular complexity index is 846. The fourth-order valence-corrected chi connectivity index (χ4v) is 3.12. The number of rotatable bonds is 7. The number of carbonyl (C=O) groups excluding carboxylic acids is 2. The number of aromatic amines is 1. The smallest absolute Gasteiger partial charge is 0.410 e. The van der Waals surface area contributed by atoms with Crippen LogP contribution in [0.4, 0.5) is 4.79 Å². The van der Waals surface area contributed by atoms with E-state index in [2.05, 4.69) is 9.84 Å². The minimum absolute atomic E-state index is 0.281. The lowest BCUT2D eigenvalue weighted by Crippen LogP contribution is -2.50. The summed E-state index contributed by atoms with van der Waals surface area (Å²) < 4.78 is 11.2. The lowest BCUT2D eigenvalue weighted by atomic mass is 10.2. The maximum atomic E-state index is 12.4. The fraction of sp³-hybridized carbons (Fsp3) is 0.700. The number of piperazine rings is 1. The molecule has 0 bridgehead atoms. The summed E-state index contributed by atoms with van der Waals surface area (Å²) >= 11 is 0. The lowest BCUT2D eigenvalue weighted by Gasteiger charge is -2.35. The Morgan fingerprint density at radius 3 is 2.37 bits per heavy atom. The zero-order valence-corrected chi connectivity index (χ0v) is 18.2. The van der Waals surface area contributed by atoms with Crippen LogP contribution < -0.4 is 11.0 Å². The Balaban J connectivity index is 1.87. The number of esters is 1. The molecule has 1 saturated heterocycles. The van der Waals surface area contributed by atoms with Crippen molar-refractivity contribution in [1.82, 2.24) is 19.6 Å². The Labute approximate surface area is 175 Å². The Kier molecular flexibility index (Phi) is 8.22. The molecule has 168 valence electrons. The van der Waals surface area contributed by atoms with E-state index in [0.717, 1.165) is 0 Å². The quantitative estimate of drug-likeness (QED) is 0.393. The second-order valence-electron chi connectivity index (χ2n) is 8.36. The van der Waals surface area contributed by atoms with Gasteiger partial charge in [0, 0.05) is 57.4 Å². The summed E-state index contributed by atoms with van der Waals surface area (Å²) in [6.07, 6.45) is 2.66. The molecule has 10 heteroatoms. The van der Waals surface area contributed by atoms with Gasteiger partial charge in [-0.2, -0.15) is 0 Å². The highest BCUT2D eigenvalue weighted by Crippen LogP contribution is 2.12. The molecule has 0 aliphatic carbocycles. The maximum absolute atomic E-state index is 12.4. The monoisotopic (exact) mass is 424 g/mol. The van der Waals surface area contributed by atoms with Crippen LogP contribution in [-0.4, -0.2) is 70.5 Å². The largest absolute Gasteiger partial charge is 0.469 e. The van der Waals surface area contributed by atoms with E-state index >= 15 is 0 Å². The van der Waals surface area contributed by atoms with Gasteiger partial charge in [-0.05, 0) is 33.6 Å². The van der Waals surface area contributed by atoms with Gasteiger partial charge in [0.1, 0.15) is 5.60 Å². The summed E-state index contributed by atoms with van der Waals surface area (Å²) in [5.41, 5.74) is -1.27. The van der Waals surface area contributed by atoms with E-state index in [1.54, 1.807) is 11.1 Å². The zero-order valence-electron chi connectivity index (χ0n) is 18.2. The molecule has 0 radical (unpaired) electrons. The average molecular weight is 424 g/mol. The Morgan fingerprint density at radius 2 is 1.77 bits per heavy atom. The third-order valence-electron chi connectivity index (χ3n) is 4.78. The summed E-state index contributed by atoms with van der Waals surface area (Å²) in [6.45, 7) is 8.35. The molecule has 0 aromatic carbocycles. The molecule has 1 aromatic heterocycles. The normalized spacial score (nSPS) is 15.1. The summed E-state index contributed by atoms with van der Waals surface area (Å²) in [5, 5.41) is 2.87. The van der Waals surface area contributed by atoms with Gasteiger partial charge >= 0.3 is 17.6 Å². The van der Waals surface area contributed by atoms with Crippen LogP contribution in [0.1, 0.15) is 45.6 Å². The first-order valence-corrected chi connectivity index (χ1v) is 10.2. The van der Waals surface area contributed by atoms with E-state index in [0.29, 0.717) is 57.7 Å². The summed E-state index contributed by atoms with van der Waals surface area (Å²) in [7, 11) is 1.33. The van der Waals surface area contributed by atoms with Crippen LogP contribution >= 0.6 is 0 Å². The minimum Gasteiger partial charge on any atom is -0.469 e. The number of hydrogen-bond donors (Lipinski definition) is 1. The highest BCUT2D eigenvalue weighted by atomic mass is 16.6. The van der Waals surface area contributed by atoms with Crippen LogP contribution in [0, 0.1) is 0 Å². The summed E-state index contributed by atoms with van der Waals surface area (Å²) in [5.74, 6) is -0.294. The van der Waals surface area contributed by atoms with Crippen LogP contribution in [0.15, 0.2) is 15.8 Å². The Hall–Kier alpha value is -2.62. The standard InChI is InChI=1S/C20H32N4O6/c1-20(2,3)30-19(28)23-11-9-22(10-12-23)14-15-13-21-24(18(27)17(15)26)8-6-5-7-16(25)29-4/h13,21H,5-12,14H2,1-4H3. The molecule has 1 fully saturated rings. The molecule has 0 saturated carbocycles. The van der Waals surface area contributed by atoms with Gasteiger partial charge in [-0.15, -0.1) is 0 Å². The second kappa shape index (κ2) is 10.4. The van der Waals surface area contributed by atoms with Crippen LogP contribution in [-0.2, 0) is 27.4 Å². The minimum atomic E-state index is -0.599. The fourth-order valence-electron chi connectivity index (χ4n) is 3.12. The van der Waals surface area contributed by atoms with Gasteiger partial charge in [-0.3, -0.25) is 19.3 Å². The molecular weight excluding hydrogens is 392 g/mol. The molecule has 0 atom stereocenters. The van der Waals surface area contributed by atoms with Crippen molar-refractivity contribution < 1.29 is 19.1 Å². The number of carbonyl (C=O) groups is 2. The first-order chi connectivity index (χ1) is 14.1. The van der Waals surface area contributed by atoms with Crippen LogP contribution in [0.25, 0.3) is 0 Å². The van der Waals surface area contributed by atoms with Crippen molar-refractivity contribution in [3.63, 3.8) is 0 Å². The predicted octanol–water partition coefficient (Wildman–Crippen LogP) is 0.933. The van der Waals surface area contributed by atoms with E-state index in [1.807, 2.05) is 25.7 Å². The van der Waals surface area contributed by atoms with Crippen LogP contribution in [0.2, 0.25) is 0 Å². The molecule has 2 heterocycles. The topological polar surface area (TPSA) is 114 Å². The van der Waals surface area contributed by atoms with E-state index in [1.165, 1.54) is 11.8 Å². The molecule has 0 unspecified atom stereocenters. The number of nitrogens with one attached hydrogen (secondary N) is 1. The highest BCUT2D eigenvalue weighted by molar-refractivity contribution is 5.69. The molecular formula is C20H32N4O6. The number of aryl methyl sites for hydroxylation is 1. The van der Waals surface area contributed by atoms with Crippen molar-refractivity contribution in [1.29, 1.82) is 0 Å². The average Bonchev–Trinajstić information content (AvgIpc) is 2.69. The number of ether oxygens (including phenoxy) is 2. The van der Waals surface area contributed by atoms with Crippen molar-refractivity contribution in [2.75, 3.05) is 33.3 Å². The maximum Gasteiger partial charge on any atom is 0.410 e. The van der Waals surface area contributed by atoms with E-state index in [4.69, 9.17) is 4.74 Å². The zero-order chi connectivity index (χ0) is 22.3. The van der Waals surface area contributed by atoms with Crippen molar-refractivity contribution in [3.05, 3.63) is 32.3 Å². The SMILES string of the molecule is COC(=O)CCCCn1[nH]cc(CN2CCN(C(=O)OC(C)(C)C)CC2)c(=O)c1=O. The molecule has 1 aromatic rings. The van der Waals surface area contributed by atoms with E-state index < -0.39 is 16.6 Å². The molecule has 0 spiro atoms. The number of amides is 1. The second-order valence-corrected chi connectivity index (χ2v) is 8.36. The van der Waals surface area contributed by atoms with Crippen molar-refractivity contribution in [2.45, 2.75) is 58.7 Å². The van der Waals surface area contributed by atoms with Crippen molar-refractivity contribution in [3.8, 4) is 0 Å². The molecule has 1 N–H and O–H groups in total. The number of nitrogens with zero attached hydrogens (tertiary/aromatic N) is 3. The van der Waals surface area contributed by atoms with Gasteiger partial charge in [-0.1, -0.05) is 0 Å². The predicted molar refractivity (Wildman–Crippen MR) is 110 cm³/mol. The van der Waals surface area contributed by atoms with Crippen LogP contribution in [0.3, 0.4) is 0 Å². The van der Waals surface area contributed by atoms with Gasteiger partial charge < -0.3 is 19.5 Å². The third kappa shape index (κ3) is 7.01. The number of unbranched alkanes of at least 4 members (excludes halogenated alkanes) is 1. The summed E-state index contributed by atoms with van der Waals surface area (Å²) in [6, 6.07) is 0. The van der Waals surface area contributed by atoms with Gasteiger partial charge in [0.15, 0.2) is 0 Å². The molecule has 30 heavy (non-hydrogen) atoms. The molecule has 10 nitrogen and oxygen atoms in total. The summed E-state index contributed by atoms with van der Waals surface area (Å²) in [4.78, 5) is 51.7. The molecule has 1 aliphatic heterocycles. The Morgan fingerprint density at radius 1 is 1.10 bits per heavy atom. The van der Waals surface area contributed by atoms with Gasteiger partial charge in [0.2, 0.25) is 0 Å². The van der Waals surface area contributed by atoms with Gasteiger partial charge in [0.25, 0.3) is 5.43 Å².